The molecule has 0 saturated heterocycles. The van der Waals surface area contributed by atoms with Crippen LogP contribution in [0.25, 0.3) is 0 Å². The Hall–Kier alpha value is -1.12. The van der Waals surface area contributed by atoms with Gasteiger partial charge in [0, 0.05) is 0 Å². The van der Waals surface area contributed by atoms with Crippen molar-refractivity contribution in [1.82, 2.24) is 10.2 Å². The molecule has 0 atom stereocenters. The molecule has 0 aliphatic rings. The van der Waals surface area contributed by atoms with Gasteiger partial charge in [0.1, 0.15) is 5.82 Å². The number of aromatic nitrogens is 2. The highest BCUT2D eigenvalue weighted by Gasteiger charge is 1.92. The summed E-state index contributed by atoms with van der Waals surface area (Å²) >= 11 is 0. The van der Waals surface area contributed by atoms with E-state index in [2.05, 4.69) is 10.2 Å². The number of anilines is 1. The lowest BCUT2D eigenvalue weighted by Gasteiger charge is -1.95. The van der Waals surface area contributed by atoms with E-state index < -0.39 is 0 Å². The van der Waals surface area contributed by atoms with E-state index in [1.807, 2.05) is 19.9 Å². The molecule has 0 radical (unpaired) electrons. The molecule has 1 rings (SSSR count). The minimum atomic E-state index is 0.484. The van der Waals surface area contributed by atoms with Crippen molar-refractivity contribution in [3.05, 3.63) is 17.3 Å². The average Bonchev–Trinajstić information content (AvgIpc) is 1.80. The maximum absolute atomic E-state index is 5.35. The molecule has 0 aromatic carbocycles. The first-order chi connectivity index (χ1) is 4.20. The molecule has 0 unspecified atom stereocenters. The second kappa shape index (κ2) is 2.01. The van der Waals surface area contributed by atoms with Crippen molar-refractivity contribution in [3.8, 4) is 0 Å². The van der Waals surface area contributed by atoms with Gasteiger partial charge < -0.3 is 5.73 Å². The number of hydrogen-bond acceptors (Lipinski definition) is 3. The number of hydrogen-bond donors (Lipinski definition) is 1. The van der Waals surface area contributed by atoms with E-state index in [1.54, 1.807) is 0 Å². The Morgan fingerprint density at radius 2 is 2.00 bits per heavy atom. The molecule has 1 aromatic heterocycles. The fourth-order valence-corrected chi connectivity index (χ4v) is 0.567. The summed E-state index contributed by atoms with van der Waals surface area (Å²) in [6, 6.07) is 1.81. The van der Waals surface area contributed by atoms with Crippen LogP contribution >= 0.6 is 0 Å². The normalized spacial score (nSPS) is 9.56. The highest BCUT2D eigenvalue weighted by Crippen LogP contribution is 2.02. The summed E-state index contributed by atoms with van der Waals surface area (Å²) in [6.07, 6.45) is 0. The first-order valence-electron chi connectivity index (χ1n) is 2.76. The molecule has 3 nitrogen and oxygen atoms in total. The van der Waals surface area contributed by atoms with Gasteiger partial charge in [-0.2, -0.15) is 5.10 Å². The molecule has 0 fully saturated rings. The number of nitrogens with two attached hydrogens (primary N) is 1. The Kier molecular flexibility index (Phi) is 1.34. The van der Waals surface area contributed by atoms with Crippen LogP contribution in [0.5, 0.6) is 0 Å². The van der Waals surface area contributed by atoms with Gasteiger partial charge in [0.15, 0.2) is 0 Å². The molecular formula is C6H9N3. The quantitative estimate of drug-likeness (QED) is 0.551. The maximum atomic E-state index is 5.35. The zero-order valence-electron chi connectivity index (χ0n) is 5.55. The summed E-state index contributed by atoms with van der Waals surface area (Å²) in [5.41, 5.74) is 7.37. The van der Waals surface area contributed by atoms with Gasteiger partial charge in [0.2, 0.25) is 0 Å². The third kappa shape index (κ3) is 1.16. The number of nitrogen functional groups attached to an aromatic ring is 1. The van der Waals surface area contributed by atoms with Gasteiger partial charge in [-0.15, -0.1) is 5.10 Å². The first kappa shape index (κ1) is 6.01. The molecule has 0 spiro atoms. The van der Waals surface area contributed by atoms with E-state index in [0.717, 1.165) is 11.3 Å². The molecule has 0 amide bonds. The van der Waals surface area contributed by atoms with Crippen LogP contribution in [0.15, 0.2) is 6.07 Å². The largest absolute Gasteiger partial charge is 0.382 e. The lowest BCUT2D eigenvalue weighted by atomic mass is 10.2. The smallest absolute Gasteiger partial charge is 0.146 e. The molecule has 1 aromatic rings. The molecule has 0 aliphatic heterocycles. The average molecular weight is 123 g/mol. The van der Waals surface area contributed by atoms with Crippen LogP contribution in [0.1, 0.15) is 11.3 Å². The second-order valence-corrected chi connectivity index (χ2v) is 2.04. The van der Waals surface area contributed by atoms with Crippen molar-refractivity contribution in [2.75, 3.05) is 5.73 Å². The third-order valence-electron chi connectivity index (χ3n) is 1.25. The van der Waals surface area contributed by atoms with E-state index in [4.69, 9.17) is 5.73 Å². The number of nitrogens with zero attached hydrogens (tertiary/aromatic N) is 2. The Morgan fingerprint density at radius 3 is 2.44 bits per heavy atom. The van der Waals surface area contributed by atoms with Crippen LogP contribution in [0.3, 0.4) is 0 Å². The SMILES string of the molecule is Cc1cc(N)nnc1C. The van der Waals surface area contributed by atoms with Crippen LogP contribution in [0, 0.1) is 13.8 Å². The van der Waals surface area contributed by atoms with Crippen molar-refractivity contribution in [1.29, 1.82) is 0 Å². The topological polar surface area (TPSA) is 51.8 Å². The number of rotatable bonds is 0. The lowest BCUT2D eigenvalue weighted by Crippen LogP contribution is -1.96. The minimum absolute atomic E-state index is 0.484. The minimum Gasteiger partial charge on any atom is -0.382 e. The maximum Gasteiger partial charge on any atom is 0.146 e. The predicted octanol–water partition coefficient (Wildman–Crippen LogP) is 0.676. The van der Waals surface area contributed by atoms with Crippen molar-refractivity contribution in [3.63, 3.8) is 0 Å². The Bertz CT molecular complexity index is 220. The summed E-state index contributed by atoms with van der Waals surface area (Å²) in [7, 11) is 0. The second-order valence-electron chi connectivity index (χ2n) is 2.04. The molecule has 0 aliphatic carbocycles. The van der Waals surface area contributed by atoms with Gasteiger partial charge in [0.05, 0.1) is 5.69 Å². The van der Waals surface area contributed by atoms with Gasteiger partial charge in [-0.25, -0.2) is 0 Å². The van der Waals surface area contributed by atoms with E-state index in [9.17, 15) is 0 Å². The van der Waals surface area contributed by atoms with Crippen molar-refractivity contribution >= 4 is 5.82 Å². The van der Waals surface area contributed by atoms with Crippen molar-refractivity contribution in [2.45, 2.75) is 13.8 Å². The van der Waals surface area contributed by atoms with E-state index in [0.29, 0.717) is 5.82 Å². The van der Waals surface area contributed by atoms with Crippen LogP contribution in [-0.2, 0) is 0 Å². The first-order valence-corrected chi connectivity index (χ1v) is 2.76. The van der Waals surface area contributed by atoms with Crippen LogP contribution in [0.2, 0.25) is 0 Å². The summed E-state index contributed by atoms with van der Waals surface area (Å²) in [4.78, 5) is 0. The van der Waals surface area contributed by atoms with Crippen molar-refractivity contribution < 1.29 is 0 Å². The zero-order valence-corrected chi connectivity index (χ0v) is 5.55. The molecule has 0 bridgehead atoms. The van der Waals surface area contributed by atoms with Gasteiger partial charge in [-0.1, -0.05) is 0 Å². The van der Waals surface area contributed by atoms with Crippen molar-refractivity contribution in [2.24, 2.45) is 0 Å². The Morgan fingerprint density at radius 1 is 1.33 bits per heavy atom. The van der Waals surface area contributed by atoms with Gasteiger partial charge in [0.25, 0.3) is 0 Å². The van der Waals surface area contributed by atoms with Gasteiger partial charge in [-0.05, 0) is 25.5 Å². The molecule has 9 heavy (non-hydrogen) atoms. The van der Waals surface area contributed by atoms with Gasteiger partial charge in [-0.3, -0.25) is 0 Å². The van der Waals surface area contributed by atoms with Crippen LogP contribution in [0.4, 0.5) is 5.82 Å². The monoisotopic (exact) mass is 123 g/mol. The molecule has 3 heteroatoms. The van der Waals surface area contributed by atoms with Crippen LogP contribution < -0.4 is 5.73 Å². The zero-order chi connectivity index (χ0) is 6.85. The predicted molar refractivity (Wildman–Crippen MR) is 35.9 cm³/mol. The fourth-order valence-electron chi connectivity index (χ4n) is 0.567. The molecule has 1 heterocycles. The Balaban J connectivity index is 3.17. The highest BCUT2D eigenvalue weighted by atomic mass is 15.1. The lowest BCUT2D eigenvalue weighted by molar-refractivity contribution is 0.971. The summed E-state index contributed by atoms with van der Waals surface area (Å²) < 4.78 is 0. The van der Waals surface area contributed by atoms with Crippen LogP contribution in [-0.4, -0.2) is 10.2 Å². The summed E-state index contributed by atoms with van der Waals surface area (Å²) in [5.74, 6) is 0.484. The van der Waals surface area contributed by atoms with E-state index in [-0.39, 0.29) is 0 Å². The Labute approximate surface area is 53.9 Å². The molecule has 48 valence electrons. The summed E-state index contributed by atoms with van der Waals surface area (Å²) in [6.45, 7) is 3.86. The standard InChI is InChI=1S/C6H9N3/c1-4-3-6(7)9-8-5(4)2/h3H,1-2H3,(H2,7,9). The summed E-state index contributed by atoms with van der Waals surface area (Å²) in [5, 5.41) is 7.47. The fraction of sp³-hybridized carbons (Fsp3) is 0.333. The molecule has 0 saturated carbocycles. The molecular weight excluding hydrogens is 114 g/mol. The van der Waals surface area contributed by atoms with E-state index >= 15 is 0 Å². The third-order valence-corrected chi connectivity index (χ3v) is 1.25. The highest BCUT2D eigenvalue weighted by molar-refractivity contribution is 5.31. The number of aryl methyl sites for hydroxylation is 2. The van der Waals surface area contributed by atoms with Gasteiger partial charge >= 0.3 is 0 Å². The van der Waals surface area contributed by atoms with E-state index in [1.165, 1.54) is 0 Å². The molecule has 2 N–H and O–H groups in total.